The molecule has 7 heteroatoms. The van der Waals surface area contributed by atoms with Gasteiger partial charge in [0.1, 0.15) is 5.78 Å². The lowest BCUT2D eigenvalue weighted by atomic mass is 10.0. The molecule has 0 radical (unpaired) electrons. The Kier molecular flexibility index (Phi) is 8.15. The molecule has 0 N–H and O–H groups in total. The van der Waals surface area contributed by atoms with Crippen LogP contribution in [0.2, 0.25) is 0 Å². The standard InChI is InChI=1S/C23H35N5OS/c1-17(2)21(29)9-7-11-26(5)10-6-8-19-12-24-23(25-13-19)28-20-14-27(18(3)4)15-22(28)30-16-20/h12-13,17-18,20,22H,7,9-11,14-16H2,1-5H3. The molecule has 0 spiro atoms. The molecule has 0 amide bonds. The lowest BCUT2D eigenvalue weighted by Crippen LogP contribution is -2.56. The van der Waals surface area contributed by atoms with Gasteiger partial charge in [0.05, 0.1) is 23.5 Å². The number of anilines is 1. The Labute approximate surface area is 185 Å². The van der Waals surface area contributed by atoms with E-state index in [1.165, 1.54) is 0 Å². The van der Waals surface area contributed by atoms with Crippen LogP contribution in [0.5, 0.6) is 0 Å². The minimum absolute atomic E-state index is 0.130. The van der Waals surface area contributed by atoms with Crippen LogP contribution < -0.4 is 4.90 Å². The monoisotopic (exact) mass is 429 g/mol. The number of thioether (sulfide) groups is 1. The quantitative estimate of drug-likeness (QED) is 0.589. The Hall–Kier alpha value is -1.62. The van der Waals surface area contributed by atoms with E-state index in [9.17, 15) is 4.79 Å². The number of hydrogen-bond acceptors (Lipinski definition) is 7. The molecule has 1 aromatic heterocycles. The van der Waals surface area contributed by atoms with Crippen molar-refractivity contribution in [3.05, 3.63) is 18.0 Å². The Balaban J connectivity index is 1.48. The first-order chi connectivity index (χ1) is 14.3. The SMILES string of the molecule is CC(C)C(=O)CCCN(C)CC#Cc1cnc(N2C3CSC2CN(C(C)C)C3)nc1. The molecule has 0 saturated carbocycles. The summed E-state index contributed by atoms with van der Waals surface area (Å²) >= 11 is 2.02. The third kappa shape index (κ3) is 5.96. The van der Waals surface area contributed by atoms with E-state index in [1.807, 2.05) is 45.1 Å². The molecule has 3 rings (SSSR count). The van der Waals surface area contributed by atoms with Gasteiger partial charge in [-0.1, -0.05) is 25.7 Å². The number of carbonyl (C=O) groups is 1. The Bertz CT molecular complexity index is 756. The lowest BCUT2D eigenvalue weighted by Gasteiger charge is -2.41. The zero-order chi connectivity index (χ0) is 21.7. The second-order valence-corrected chi connectivity index (χ2v) is 10.1. The van der Waals surface area contributed by atoms with Gasteiger partial charge < -0.3 is 4.90 Å². The van der Waals surface area contributed by atoms with Gasteiger partial charge in [0.2, 0.25) is 5.95 Å². The van der Waals surface area contributed by atoms with Crippen molar-refractivity contribution < 1.29 is 4.79 Å². The smallest absolute Gasteiger partial charge is 0.226 e. The molecule has 0 aliphatic carbocycles. The minimum Gasteiger partial charge on any atom is -0.322 e. The molecule has 6 nitrogen and oxygen atoms in total. The predicted molar refractivity (Wildman–Crippen MR) is 125 cm³/mol. The van der Waals surface area contributed by atoms with Gasteiger partial charge in [0.25, 0.3) is 0 Å². The molecule has 30 heavy (non-hydrogen) atoms. The van der Waals surface area contributed by atoms with Gasteiger partial charge in [0, 0.05) is 49.6 Å². The van der Waals surface area contributed by atoms with Gasteiger partial charge >= 0.3 is 0 Å². The highest BCUT2D eigenvalue weighted by molar-refractivity contribution is 8.00. The average Bonchev–Trinajstić information content (AvgIpc) is 2.97. The van der Waals surface area contributed by atoms with Crippen LogP contribution in [0, 0.1) is 17.8 Å². The molecule has 2 unspecified atom stereocenters. The van der Waals surface area contributed by atoms with Crippen molar-refractivity contribution in [2.45, 2.75) is 58.0 Å². The number of fused-ring (bicyclic) bond motifs is 2. The molecule has 164 valence electrons. The van der Waals surface area contributed by atoms with E-state index in [4.69, 9.17) is 0 Å². The summed E-state index contributed by atoms with van der Waals surface area (Å²) in [5, 5.41) is 0.444. The average molecular weight is 430 g/mol. The number of hydrogen-bond donors (Lipinski definition) is 0. The highest BCUT2D eigenvalue weighted by atomic mass is 32.2. The number of nitrogens with zero attached hydrogens (tertiary/aromatic N) is 5. The zero-order valence-electron chi connectivity index (χ0n) is 19.0. The van der Waals surface area contributed by atoms with E-state index in [0.29, 0.717) is 36.2 Å². The third-order valence-electron chi connectivity index (χ3n) is 5.81. The number of ketones is 1. The molecule has 2 aliphatic rings. The summed E-state index contributed by atoms with van der Waals surface area (Å²) in [5.74, 6) is 8.81. The van der Waals surface area contributed by atoms with E-state index >= 15 is 0 Å². The molecule has 2 aliphatic heterocycles. The van der Waals surface area contributed by atoms with Crippen molar-refractivity contribution in [2.24, 2.45) is 5.92 Å². The van der Waals surface area contributed by atoms with Crippen LogP contribution in [-0.2, 0) is 4.79 Å². The summed E-state index contributed by atoms with van der Waals surface area (Å²) in [6.07, 6.45) is 5.22. The minimum atomic E-state index is 0.130. The van der Waals surface area contributed by atoms with Crippen LogP contribution in [0.15, 0.2) is 12.4 Å². The summed E-state index contributed by atoms with van der Waals surface area (Å²) in [7, 11) is 2.04. The second kappa shape index (κ2) is 10.6. The zero-order valence-corrected chi connectivity index (χ0v) is 19.8. The molecule has 3 heterocycles. The summed E-state index contributed by atoms with van der Waals surface area (Å²) < 4.78 is 0. The van der Waals surface area contributed by atoms with Crippen molar-refractivity contribution in [3.63, 3.8) is 0 Å². The largest absolute Gasteiger partial charge is 0.322 e. The highest BCUT2D eigenvalue weighted by Gasteiger charge is 2.42. The summed E-state index contributed by atoms with van der Waals surface area (Å²) in [4.78, 5) is 28.0. The molecule has 2 fully saturated rings. The first-order valence-corrected chi connectivity index (χ1v) is 12.1. The first kappa shape index (κ1) is 23.1. The van der Waals surface area contributed by atoms with Crippen molar-refractivity contribution in [1.82, 2.24) is 19.8 Å². The number of Topliss-reactive ketones (excluding diaryl/α,β-unsaturated/α-hetero) is 1. The highest BCUT2D eigenvalue weighted by Crippen LogP contribution is 2.36. The van der Waals surface area contributed by atoms with Crippen LogP contribution >= 0.6 is 11.8 Å². The van der Waals surface area contributed by atoms with Crippen molar-refractivity contribution in [1.29, 1.82) is 0 Å². The number of carbonyl (C=O) groups excluding carboxylic acids is 1. The molecule has 2 saturated heterocycles. The second-order valence-electron chi connectivity index (χ2n) is 8.93. The van der Waals surface area contributed by atoms with Crippen LogP contribution in [0.25, 0.3) is 0 Å². The maximum absolute atomic E-state index is 11.7. The van der Waals surface area contributed by atoms with Crippen molar-refractivity contribution in [2.75, 3.05) is 43.9 Å². The first-order valence-electron chi connectivity index (χ1n) is 11.0. The Morgan fingerprint density at radius 1 is 1.27 bits per heavy atom. The van der Waals surface area contributed by atoms with E-state index in [1.54, 1.807) is 0 Å². The molecular weight excluding hydrogens is 394 g/mol. The van der Waals surface area contributed by atoms with E-state index < -0.39 is 0 Å². The number of piperazine rings is 1. The Morgan fingerprint density at radius 2 is 2.00 bits per heavy atom. The van der Waals surface area contributed by atoms with Gasteiger partial charge in [-0.05, 0) is 33.9 Å². The number of rotatable bonds is 8. The number of aromatic nitrogens is 2. The summed E-state index contributed by atoms with van der Waals surface area (Å²) in [6.45, 7) is 12.2. The van der Waals surface area contributed by atoms with Crippen molar-refractivity contribution in [3.8, 4) is 11.8 Å². The van der Waals surface area contributed by atoms with E-state index in [0.717, 1.165) is 43.3 Å². The maximum Gasteiger partial charge on any atom is 0.226 e. The molecule has 0 aromatic carbocycles. The molecular formula is C23H35N5OS. The van der Waals surface area contributed by atoms with Crippen LogP contribution in [-0.4, -0.2) is 82.0 Å². The fourth-order valence-corrected chi connectivity index (χ4v) is 5.28. The van der Waals surface area contributed by atoms with Crippen LogP contribution in [0.4, 0.5) is 5.95 Å². The van der Waals surface area contributed by atoms with E-state index in [2.05, 4.69) is 50.4 Å². The van der Waals surface area contributed by atoms with E-state index in [-0.39, 0.29) is 5.92 Å². The Morgan fingerprint density at radius 3 is 2.63 bits per heavy atom. The van der Waals surface area contributed by atoms with Crippen LogP contribution in [0.1, 0.15) is 46.1 Å². The van der Waals surface area contributed by atoms with Gasteiger partial charge in [-0.25, -0.2) is 9.97 Å². The molecule has 1 aromatic rings. The lowest BCUT2D eigenvalue weighted by molar-refractivity contribution is -0.122. The van der Waals surface area contributed by atoms with Crippen LogP contribution in [0.3, 0.4) is 0 Å². The van der Waals surface area contributed by atoms with Gasteiger partial charge in [-0.15, -0.1) is 11.8 Å². The fraction of sp³-hybridized carbons (Fsp3) is 0.696. The third-order valence-corrected chi connectivity index (χ3v) is 7.15. The van der Waals surface area contributed by atoms with Gasteiger partial charge in [-0.3, -0.25) is 14.6 Å². The summed E-state index contributed by atoms with van der Waals surface area (Å²) in [5.41, 5.74) is 0.850. The van der Waals surface area contributed by atoms with Gasteiger partial charge in [0.15, 0.2) is 0 Å². The maximum atomic E-state index is 11.7. The van der Waals surface area contributed by atoms with Crippen molar-refractivity contribution >= 4 is 23.5 Å². The topological polar surface area (TPSA) is 52.6 Å². The normalized spacial score (nSPS) is 21.4. The predicted octanol–water partition coefficient (Wildman–Crippen LogP) is 2.74. The molecule has 2 bridgehead atoms. The fourth-order valence-electron chi connectivity index (χ4n) is 3.85. The molecule has 2 atom stereocenters. The van der Waals surface area contributed by atoms with Gasteiger partial charge in [-0.2, -0.15) is 0 Å². The summed E-state index contributed by atoms with van der Waals surface area (Å²) in [6, 6.07) is 1.08.